The summed E-state index contributed by atoms with van der Waals surface area (Å²) in [4.78, 5) is 4.32. The maximum Gasteiger partial charge on any atom is 0.269 e. The second-order valence-electron chi connectivity index (χ2n) is 4.83. The lowest BCUT2D eigenvalue weighted by Gasteiger charge is -1.98. The Morgan fingerprint density at radius 3 is 2.77 bits per heavy atom. The molecule has 0 saturated carbocycles. The van der Waals surface area contributed by atoms with Crippen LogP contribution in [0.5, 0.6) is 5.75 Å². The smallest absolute Gasteiger partial charge is 0.269 e. The molecule has 4 nitrogen and oxygen atoms in total. The molecule has 0 unspecified atom stereocenters. The summed E-state index contributed by atoms with van der Waals surface area (Å²) >= 11 is 6.22. The summed E-state index contributed by atoms with van der Waals surface area (Å²) in [5.74, 6) is 0.906. The molecule has 0 aliphatic heterocycles. The van der Waals surface area contributed by atoms with Gasteiger partial charge in [0.05, 0.1) is 0 Å². The molecule has 0 fully saturated rings. The lowest BCUT2D eigenvalue weighted by molar-refractivity contribution is 0.410. The van der Waals surface area contributed by atoms with Crippen LogP contribution in [0.2, 0.25) is 0 Å². The van der Waals surface area contributed by atoms with E-state index in [1.165, 1.54) is 0 Å². The molecule has 0 radical (unpaired) electrons. The zero-order valence-electron chi connectivity index (χ0n) is 11.8. The van der Waals surface area contributed by atoms with Crippen LogP contribution in [0.3, 0.4) is 0 Å². The second kappa shape index (κ2) is 6.03. The van der Waals surface area contributed by atoms with Gasteiger partial charge in [-0.25, -0.2) is 0 Å². The highest BCUT2D eigenvalue weighted by atomic mass is 35.5. The van der Waals surface area contributed by atoms with Crippen LogP contribution in [0.25, 0.3) is 22.5 Å². The fourth-order valence-electron chi connectivity index (χ4n) is 2.08. The van der Waals surface area contributed by atoms with Crippen LogP contribution in [0.4, 0.5) is 0 Å². The van der Waals surface area contributed by atoms with E-state index in [1.54, 1.807) is 24.3 Å². The monoisotopic (exact) mass is 312 g/mol. The van der Waals surface area contributed by atoms with Crippen molar-refractivity contribution in [3.05, 3.63) is 65.5 Å². The molecule has 0 atom stereocenters. The highest BCUT2D eigenvalue weighted by Gasteiger charge is 2.12. The van der Waals surface area contributed by atoms with Crippen LogP contribution < -0.4 is 0 Å². The fraction of sp³-hybridized carbons (Fsp3) is 0.0588. The lowest BCUT2D eigenvalue weighted by atomic mass is 10.1. The standard InChI is InChI=1S/C17H13ClN2O2/c1-11-5-2-3-8-14(11)16-19-17(22-20-16)15(18)10-12-6-4-7-13(21)9-12/h2-10,21H,1H3/b15-10-. The maximum absolute atomic E-state index is 9.46. The van der Waals surface area contributed by atoms with Crippen LogP contribution >= 0.6 is 11.6 Å². The Morgan fingerprint density at radius 2 is 2.00 bits per heavy atom. The van der Waals surface area contributed by atoms with Crippen molar-refractivity contribution in [1.82, 2.24) is 10.1 Å². The zero-order chi connectivity index (χ0) is 15.5. The summed E-state index contributed by atoms with van der Waals surface area (Å²) in [6, 6.07) is 14.5. The van der Waals surface area contributed by atoms with Crippen LogP contribution in [0.1, 0.15) is 17.0 Å². The Balaban J connectivity index is 1.92. The van der Waals surface area contributed by atoms with E-state index in [-0.39, 0.29) is 11.6 Å². The summed E-state index contributed by atoms with van der Waals surface area (Å²) in [6.45, 7) is 1.98. The van der Waals surface area contributed by atoms with Gasteiger partial charge >= 0.3 is 0 Å². The number of halogens is 1. The minimum absolute atomic E-state index is 0.171. The first-order valence-corrected chi connectivity index (χ1v) is 7.07. The molecule has 3 rings (SSSR count). The molecule has 1 N–H and O–H groups in total. The van der Waals surface area contributed by atoms with Crippen molar-refractivity contribution >= 4 is 22.7 Å². The number of phenolic OH excluding ortho intramolecular Hbond substituents is 1. The molecular weight excluding hydrogens is 300 g/mol. The van der Waals surface area contributed by atoms with Gasteiger partial charge in [0.15, 0.2) is 0 Å². The number of phenols is 1. The van der Waals surface area contributed by atoms with E-state index in [1.807, 2.05) is 37.3 Å². The number of aromatic hydroxyl groups is 1. The Kier molecular flexibility index (Phi) is 3.94. The first-order valence-electron chi connectivity index (χ1n) is 6.70. The summed E-state index contributed by atoms with van der Waals surface area (Å²) in [5.41, 5.74) is 2.71. The topological polar surface area (TPSA) is 59.2 Å². The Hall–Kier alpha value is -2.59. The van der Waals surface area contributed by atoms with Gasteiger partial charge in [0, 0.05) is 5.56 Å². The van der Waals surface area contributed by atoms with Crippen LogP contribution in [-0.2, 0) is 0 Å². The molecule has 0 aliphatic carbocycles. The fourth-order valence-corrected chi connectivity index (χ4v) is 2.28. The molecule has 0 spiro atoms. The number of hydrogen-bond donors (Lipinski definition) is 1. The van der Waals surface area contributed by atoms with E-state index in [9.17, 15) is 5.11 Å². The van der Waals surface area contributed by atoms with E-state index in [0.29, 0.717) is 10.9 Å². The van der Waals surface area contributed by atoms with Crippen LogP contribution in [0.15, 0.2) is 53.1 Å². The average Bonchev–Trinajstić information content (AvgIpc) is 2.97. The molecule has 3 aromatic rings. The molecule has 0 amide bonds. The summed E-state index contributed by atoms with van der Waals surface area (Å²) < 4.78 is 5.21. The minimum Gasteiger partial charge on any atom is -0.508 e. The molecule has 5 heteroatoms. The highest BCUT2D eigenvalue weighted by molar-refractivity contribution is 6.50. The minimum atomic E-state index is 0.171. The first kappa shape index (κ1) is 14.4. The SMILES string of the molecule is Cc1ccccc1-c1noc(/C(Cl)=C/c2cccc(O)c2)n1. The number of benzene rings is 2. The number of aromatic nitrogens is 2. The van der Waals surface area contributed by atoms with Crippen molar-refractivity contribution in [2.45, 2.75) is 6.92 Å². The molecule has 1 aromatic heterocycles. The van der Waals surface area contributed by atoms with Crippen molar-refractivity contribution in [2.75, 3.05) is 0 Å². The third-order valence-corrected chi connectivity index (χ3v) is 3.45. The van der Waals surface area contributed by atoms with Crippen LogP contribution in [-0.4, -0.2) is 15.2 Å². The number of hydrogen-bond acceptors (Lipinski definition) is 4. The van der Waals surface area contributed by atoms with Crippen LogP contribution in [0, 0.1) is 6.92 Å². The van der Waals surface area contributed by atoms with Gasteiger partial charge in [0.2, 0.25) is 5.82 Å². The van der Waals surface area contributed by atoms with Gasteiger partial charge in [-0.05, 0) is 36.3 Å². The molecule has 1 heterocycles. The molecular formula is C17H13ClN2O2. The Labute approximate surface area is 132 Å². The molecule has 0 aliphatic rings. The molecule has 22 heavy (non-hydrogen) atoms. The van der Waals surface area contributed by atoms with Gasteiger partial charge in [-0.3, -0.25) is 0 Å². The van der Waals surface area contributed by atoms with Gasteiger partial charge in [-0.15, -0.1) is 0 Å². The molecule has 110 valence electrons. The summed E-state index contributed by atoms with van der Waals surface area (Å²) in [6.07, 6.45) is 1.66. The Morgan fingerprint density at radius 1 is 1.18 bits per heavy atom. The van der Waals surface area contributed by atoms with Crippen molar-refractivity contribution in [1.29, 1.82) is 0 Å². The third-order valence-electron chi connectivity index (χ3n) is 3.18. The number of nitrogens with zero attached hydrogens (tertiary/aromatic N) is 2. The van der Waals surface area contributed by atoms with Crippen molar-refractivity contribution in [3.8, 4) is 17.1 Å². The van der Waals surface area contributed by atoms with Gasteiger partial charge in [0.25, 0.3) is 5.89 Å². The second-order valence-corrected chi connectivity index (χ2v) is 5.23. The van der Waals surface area contributed by atoms with Gasteiger partial charge in [-0.2, -0.15) is 4.98 Å². The predicted molar refractivity (Wildman–Crippen MR) is 86.3 cm³/mol. The number of aryl methyl sites for hydroxylation is 1. The van der Waals surface area contributed by atoms with Gasteiger partial charge in [-0.1, -0.05) is 53.2 Å². The highest BCUT2D eigenvalue weighted by Crippen LogP contribution is 2.26. The predicted octanol–water partition coefficient (Wildman–Crippen LogP) is 4.49. The van der Waals surface area contributed by atoms with E-state index >= 15 is 0 Å². The molecule has 0 bridgehead atoms. The Bertz CT molecular complexity index is 840. The third kappa shape index (κ3) is 3.02. The maximum atomic E-state index is 9.46. The number of rotatable bonds is 3. The van der Waals surface area contributed by atoms with Gasteiger partial charge < -0.3 is 9.63 Å². The molecule has 0 saturated heterocycles. The molecule has 2 aromatic carbocycles. The van der Waals surface area contributed by atoms with Crippen molar-refractivity contribution in [2.24, 2.45) is 0 Å². The van der Waals surface area contributed by atoms with Crippen molar-refractivity contribution < 1.29 is 9.63 Å². The summed E-state index contributed by atoms with van der Waals surface area (Å²) in [5, 5.41) is 13.7. The normalized spacial score (nSPS) is 11.6. The van der Waals surface area contributed by atoms with E-state index in [2.05, 4.69) is 10.1 Å². The first-order chi connectivity index (χ1) is 10.6. The largest absolute Gasteiger partial charge is 0.508 e. The summed E-state index contributed by atoms with van der Waals surface area (Å²) in [7, 11) is 0. The van der Waals surface area contributed by atoms with E-state index in [4.69, 9.17) is 16.1 Å². The average molecular weight is 313 g/mol. The van der Waals surface area contributed by atoms with Gasteiger partial charge in [0.1, 0.15) is 10.8 Å². The zero-order valence-corrected chi connectivity index (χ0v) is 12.6. The quantitative estimate of drug-likeness (QED) is 0.774. The van der Waals surface area contributed by atoms with E-state index < -0.39 is 0 Å². The van der Waals surface area contributed by atoms with Crippen molar-refractivity contribution in [3.63, 3.8) is 0 Å². The lowest BCUT2D eigenvalue weighted by Crippen LogP contribution is -1.85. The van der Waals surface area contributed by atoms with E-state index in [0.717, 1.165) is 16.7 Å².